The van der Waals surface area contributed by atoms with E-state index in [4.69, 9.17) is 9.47 Å². The highest BCUT2D eigenvalue weighted by molar-refractivity contribution is 5.97. The van der Waals surface area contributed by atoms with Crippen molar-refractivity contribution in [1.29, 1.82) is 0 Å². The van der Waals surface area contributed by atoms with E-state index in [-0.39, 0.29) is 60.3 Å². The molecule has 0 aromatic carbocycles. The van der Waals surface area contributed by atoms with Gasteiger partial charge in [0.1, 0.15) is 17.8 Å². The minimum atomic E-state index is -1.21. The van der Waals surface area contributed by atoms with E-state index < -0.39 is 28.5 Å². The molecule has 35 heavy (non-hydrogen) atoms. The largest absolute Gasteiger partial charge is 0.458 e. The second-order valence-corrected chi connectivity index (χ2v) is 12.6. The van der Waals surface area contributed by atoms with Crippen molar-refractivity contribution in [3.8, 4) is 0 Å². The quantitative estimate of drug-likeness (QED) is 0.414. The van der Waals surface area contributed by atoms with Crippen molar-refractivity contribution in [2.45, 2.75) is 89.8 Å². The highest BCUT2D eigenvalue weighted by Crippen LogP contribution is 2.71. The van der Waals surface area contributed by atoms with Gasteiger partial charge in [-0.15, -0.1) is 0 Å². The molecule has 0 spiro atoms. The number of epoxide rings is 1. The van der Waals surface area contributed by atoms with Gasteiger partial charge >= 0.3 is 5.97 Å². The first-order valence-electron chi connectivity index (χ1n) is 13.3. The topological polar surface area (TPSA) is 117 Å². The second kappa shape index (κ2) is 7.50. The van der Waals surface area contributed by atoms with Crippen molar-refractivity contribution in [3.63, 3.8) is 0 Å². The van der Waals surface area contributed by atoms with E-state index in [2.05, 4.69) is 13.8 Å². The molecule has 0 bridgehead atoms. The van der Waals surface area contributed by atoms with Gasteiger partial charge in [-0.05, 0) is 80.6 Å². The fourth-order valence-corrected chi connectivity index (χ4v) is 9.46. The Bertz CT molecular complexity index is 1030. The molecule has 2 heterocycles. The lowest BCUT2D eigenvalue weighted by atomic mass is 9.43. The lowest BCUT2D eigenvalue weighted by Crippen LogP contribution is -2.69. The minimum Gasteiger partial charge on any atom is -0.458 e. The van der Waals surface area contributed by atoms with Crippen LogP contribution in [0.25, 0.3) is 0 Å². The Morgan fingerprint density at radius 3 is 2.63 bits per heavy atom. The van der Waals surface area contributed by atoms with E-state index >= 15 is 0 Å². The van der Waals surface area contributed by atoms with Gasteiger partial charge in [-0.3, -0.25) is 4.79 Å². The molecule has 0 aromatic rings. The zero-order valence-electron chi connectivity index (χ0n) is 21.1. The maximum absolute atomic E-state index is 13.3. The average Bonchev–Trinajstić information content (AvgIpc) is 3.53. The smallest absolute Gasteiger partial charge is 0.336 e. The van der Waals surface area contributed by atoms with E-state index in [1.807, 2.05) is 13.8 Å². The standard InChI is InChI=1S/C28H38O7/c1-13-10-19(34-25(32)15(13)12-29)14(2)16-7-8-17-22-18(11-21(31)26(16,17)3)27(4)20(30)6-5-9-28(27,33)24-23(22)35-24/h5-6,14,16-19,21-24,29,31,33H,7-12H2,1-4H3/t14-,16+,17-,18+,19+,21+,22-,23-,24-,26+,27-,28-/m0/s1. The number of hydrogen-bond acceptors (Lipinski definition) is 7. The molecule has 0 aromatic heterocycles. The Labute approximate surface area is 206 Å². The molecule has 0 unspecified atom stereocenters. The summed E-state index contributed by atoms with van der Waals surface area (Å²) in [5.41, 5.74) is -1.33. The van der Waals surface area contributed by atoms with Gasteiger partial charge in [0, 0.05) is 6.42 Å². The number of allylic oxidation sites excluding steroid dienone is 1. The molecule has 6 aliphatic rings. The number of fused-ring (bicyclic) bond motifs is 8. The number of cyclic esters (lactones) is 1. The molecule has 4 fully saturated rings. The number of carbonyl (C=O) groups is 2. The summed E-state index contributed by atoms with van der Waals surface area (Å²) >= 11 is 0. The summed E-state index contributed by atoms with van der Waals surface area (Å²) in [6, 6.07) is 0. The van der Waals surface area contributed by atoms with Crippen LogP contribution in [0.5, 0.6) is 0 Å². The Kier molecular flexibility index (Phi) is 5.11. The number of ether oxygens (including phenoxy) is 2. The van der Waals surface area contributed by atoms with Gasteiger partial charge < -0.3 is 24.8 Å². The summed E-state index contributed by atoms with van der Waals surface area (Å²) < 4.78 is 12.0. The number of aliphatic hydroxyl groups is 3. The number of hydrogen-bond donors (Lipinski definition) is 3. The number of carbonyl (C=O) groups excluding carboxylic acids is 2. The van der Waals surface area contributed by atoms with Crippen molar-refractivity contribution < 1.29 is 34.4 Å². The van der Waals surface area contributed by atoms with Crippen molar-refractivity contribution in [2.24, 2.45) is 40.4 Å². The Balaban J connectivity index is 1.32. The molecule has 3 N–H and O–H groups in total. The second-order valence-electron chi connectivity index (χ2n) is 12.6. The third kappa shape index (κ3) is 2.81. The maximum Gasteiger partial charge on any atom is 0.336 e. The number of ketones is 1. The van der Waals surface area contributed by atoms with Crippen molar-refractivity contribution in [1.82, 2.24) is 0 Å². The Morgan fingerprint density at radius 2 is 1.94 bits per heavy atom. The highest BCUT2D eigenvalue weighted by atomic mass is 16.6. The predicted octanol–water partition coefficient (Wildman–Crippen LogP) is 2.32. The van der Waals surface area contributed by atoms with Gasteiger partial charge in [0.25, 0.3) is 0 Å². The SMILES string of the molecule is CC1=C(CO)C(=O)O[C@@H]([C@@H](C)[C@H]2CC[C@H]3[C@@H]4[C@@H]5O[C@@H]5[C@@]5(O)CC=CC(=O)[C@]5(C)[C@@H]4C[C@@H](O)[C@]23C)C1. The lowest BCUT2D eigenvalue weighted by Gasteiger charge is -2.61. The monoisotopic (exact) mass is 486 g/mol. The predicted molar refractivity (Wildman–Crippen MR) is 126 cm³/mol. The molecular weight excluding hydrogens is 448 g/mol. The third-order valence-corrected chi connectivity index (χ3v) is 11.6. The minimum absolute atomic E-state index is 0.0432. The van der Waals surface area contributed by atoms with Gasteiger partial charge in [0.2, 0.25) is 0 Å². The summed E-state index contributed by atoms with van der Waals surface area (Å²) in [6.45, 7) is 7.78. The lowest BCUT2D eigenvalue weighted by molar-refractivity contribution is -0.201. The van der Waals surface area contributed by atoms with Gasteiger partial charge in [-0.25, -0.2) is 4.79 Å². The highest BCUT2D eigenvalue weighted by Gasteiger charge is 2.78. The van der Waals surface area contributed by atoms with Gasteiger partial charge in [0.05, 0.1) is 29.8 Å². The van der Waals surface area contributed by atoms with E-state index in [0.29, 0.717) is 24.8 Å². The van der Waals surface area contributed by atoms with Crippen LogP contribution in [0.1, 0.15) is 59.8 Å². The fourth-order valence-electron chi connectivity index (χ4n) is 9.46. The van der Waals surface area contributed by atoms with Crippen LogP contribution in [-0.4, -0.2) is 63.7 Å². The zero-order valence-corrected chi connectivity index (χ0v) is 21.1. The van der Waals surface area contributed by atoms with Crippen LogP contribution in [0, 0.1) is 40.4 Å². The van der Waals surface area contributed by atoms with E-state index in [0.717, 1.165) is 18.4 Å². The summed E-state index contributed by atoms with van der Waals surface area (Å²) in [5, 5.41) is 33.0. The van der Waals surface area contributed by atoms with Crippen molar-refractivity contribution in [3.05, 3.63) is 23.3 Å². The molecule has 1 saturated heterocycles. The van der Waals surface area contributed by atoms with Crippen molar-refractivity contribution >= 4 is 11.8 Å². The average molecular weight is 487 g/mol. The first-order valence-corrected chi connectivity index (χ1v) is 13.3. The Morgan fingerprint density at radius 1 is 1.20 bits per heavy atom. The van der Waals surface area contributed by atoms with Crippen LogP contribution < -0.4 is 0 Å². The number of esters is 1. The molecule has 192 valence electrons. The van der Waals surface area contributed by atoms with Crippen LogP contribution in [0.4, 0.5) is 0 Å². The normalized spacial score (nSPS) is 53.3. The molecule has 7 heteroatoms. The summed E-state index contributed by atoms with van der Waals surface area (Å²) in [5.74, 6) is -0.148. The third-order valence-electron chi connectivity index (χ3n) is 11.6. The summed E-state index contributed by atoms with van der Waals surface area (Å²) in [6.07, 6.45) is 5.38. The molecule has 12 atom stereocenters. The number of aliphatic hydroxyl groups excluding tert-OH is 2. The Hall–Kier alpha value is -1.54. The molecule has 6 rings (SSSR count). The first-order chi connectivity index (χ1) is 16.5. The van der Waals surface area contributed by atoms with Crippen LogP contribution in [0.15, 0.2) is 23.3 Å². The maximum atomic E-state index is 13.3. The van der Waals surface area contributed by atoms with E-state index in [1.54, 1.807) is 12.2 Å². The molecule has 4 aliphatic carbocycles. The summed E-state index contributed by atoms with van der Waals surface area (Å²) in [4.78, 5) is 25.8. The zero-order chi connectivity index (χ0) is 25.1. The molecule has 3 saturated carbocycles. The molecule has 7 nitrogen and oxygen atoms in total. The van der Waals surface area contributed by atoms with Crippen LogP contribution >= 0.6 is 0 Å². The molecule has 2 aliphatic heterocycles. The molecule has 0 amide bonds. The van der Waals surface area contributed by atoms with E-state index in [9.17, 15) is 24.9 Å². The molecular formula is C28H38O7. The van der Waals surface area contributed by atoms with Gasteiger partial charge in [-0.2, -0.15) is 0 Å². The summed E-state index contributed by atoms with van der Waals surface area (Å²) in [7, 11) is 0. The van der Waals surface area contributed by atoms with Crippen LogP contribution in [-0.2, 0) is 19.1 Å². The van der Waals surface area contributed by atoms with Gasteiger partial charge in [0.15, 0.2) is 5.78 Å². The number of rotatable bonds is 3. The van der Waals surface area contributed by atoms with Crippen molar-refractivity contribution in [2.75, 3.05) is 6.61 Å². The molecule has 0 radical (unpaired) electrons. The van der Waals surface area contributed by atoms with Gasteiger partial charge in [-0.1, -0.05) is 25.5 Å². The fraction of sp³-hybridized carbons (Fsp3) is 0.786. The van der Waals surface area contributed by atoms with Crippen LogP contribution in [0.2, 0.25) is 0 Å². The van der Waals surface area contributed by atoms with Crippen LogP contribution in [0.3, 0.4) is 0 Å². The van der Waals surface area contributed by atoms with E-state index in [1.165, 1.54) is 0 Å². The first kappa shape index (κ1) is 23.8.